The second kappa shape index (κ2) is 7.50. The van der Waals surface area contributed by atoms with Gasteiger partial charge in [-0.25, -0.2) is 0 Å². The topological polar surface area (TPSA) is 35.5 Å². The molecular formula is C24H20O3. The molecule has 0 radical (unpaired) electrons. The second-order valence-electron chi connectivity index (χ2n) is 6.34. The molecule has 0 amide bonds. The summed E-state index contributed by atoms with van der Waals surface area (Å²) in [4.78, 5) is 13.2. The van der Waals surface area contributed by atoms with E-state index in [1.807, 2.05) is 91.9 Å². The number of benzene rings is 3. The van der Waals surface area contributed by atoms with E-state index in [1.54, 1.807) is 0 Å². The summed E-state index contributed by atoms with van der Waals surface area (Å²) in [6.07, 6.45) is 1.48. The van der Waals surface area contributed by atoms with Crippen LogP contribution in [0.15, 0.2) is 84.4 Å². The van der Waals surface area contributed by atoms with E-state index < -0.39 is 6.10 Å². The number of carbonyl (C=O) groups is 1. The summed E-state index contributed by atoms with van der Waals surface area (Å²) in [5, 5.41) is 0. The number of fused-ring (bicyclic) bond motifs is 1. The van der Waals surface area contributed by atoms with E-state index in [9.17, 15) is 4.79 Å². The Hall–Kier alpha value is -3.33. The van der Waals surface area contributed by atoms with E-state index in [1.165, 1.54) is 0 Å². The molecule has 0 fully saturated rings. The number of ketones is 1. The lowest BCUT2D eigenvalue weighted by atomic mass is 9.89. The molecule has 3 aromatic carbocycles. The van der Waals surface area contributed by atoms with Gasteiger partial charge >= 0.3 is 0 Å². The minimum absolute atomic E-state index is 0.000382. The Labute approximate surface area is 158 Å². The lowest BCUT2D eigenvalue weighted by Gasteiger charge is -2.28. The molecule has 0 aliphatic carbocycles. The summed E-state index contributed by atoms with van der Waals surface area (Å²) in [6.45, 7) is 2.58. The van der Waals surface area contributed by atoms with E-state index in [-0.39, 0.29) is 5.78 Å². The molecule has 0 saturated carbocycles. The van der Waals surface area contributed by atoms with Crippen LogP contribution >= 0.6 is 0 Å². The minimum atomic E-state index is -0.430. The summed E-state index contributed by atoms with van der Waals surface area (Å²) >= 11 is 0. The zero-order valence-electron chi connectivity index (χ0n) is 15.1. The molecule has 0 unspecified atom stereocenters. The molecule has 0 saturated heterocycles. The van der Waals surface area contributed by atoms with Crippen LogP contribution in [0.1, 0.15) is 34.5 Å². The van der Waals surface area contributed by atoms with Gasteiger partial charge in [0.15, 0.2) is 11.9 Å². The second-order valence-corrected chi connectivity index (χ2v) is 6.34. The van der Waals surface area contributed by atoms with Crippen molar-refractivity contribution in [2.75, 3.05) is 6.61 Å². The maximum atomic E-state index is 13.2. The highest BCUT2D eigenvalue weighted by atomic mass is 16.5. The summed E-state index contributed by atoms with van der Waals surface area (Å²) in [5.41, 5.74) is 3.12. The van der Waals surface area contributed by atoms with E-state index in [4.69, 9.17) is 9.47 Å². The number of rotatable bonds is 4. The van der Waals surface area contributed by atoms with Crippen molar-refractivity contribution in [2.45, 2.75) is 13.0 Å². The third-order valence-electron chi connectivity index (χ3n) is 4.54. The standard InChI is InChI=1S/C24H20O3/c1-2-26-19-14-12-17(13-15-19)16-21-23(25)20-10-6-7-11-22(20)27-24(21)18-8-4-3-5-9-18/h3-16,24H,2H2,1H3/b21-16+/t24-/m0/s1. The Balaban J connectivity index is 1.78. The van der Waals surface area contributed by atoms with Gasteiger partial charge in [0.05, 0.1) is 12.2 Å². The van der Waals surface area contributed by atoms with Crippen LogP contribution in [0, 0.1) is 0 Å². The molecule has 27 heavy (non-hydrogen) atoms. The van der Waals surface area contributed by atoms with Crippen LogP contribution in [-0.4, -0.2) is 12.4 Å². The average molecular weight is 356 g/mol. The van der Waals surface area contributed by atoms with Crippen molar-refractivity contribution in [1.82, 2.24) is 0 Å². The number of hydrogen-bond donors (Lipinski definition) is 0. The van der Waals surface area contributed by atoms with Crippen molar-refractivity contribution >= 4 is 11.9 Å². The molecule has 1 atom stereocenters. The Kier molecular flexibility index (Phi) is 4.75. The van der Waals surface area contributed by atoms with Crippen LogP contribution in [0.25, 0.3) is 6.08 Å². The maximum absolute atomic E-state index is 13.2. The van der Waals surface area contributed by atoms with Crippen LogP contribution < -0.4 is 9.47 Å². The summed E-state index contributed by atoms with van der Waals surface area (Å²) < 4.78 is 11.7. The van der Waals surface area contributed by atoms with Gasteiger partial charge in [-0.15, -0.1) is 0 Å². The Morgan fingerprint density at radius 1 is 0.926 bits per heavy atom. The first kappa shape index (κ1) is 17.1. The van der Waals surface area contributed by atoms with E-state index >= 15 is 0 Å². The van der Waals surface area contributed by atoms with E-state index in [0.717, 1.165) is 16.9 Å². The highest BCUT2D eigenvalue weighted by Gasteiger charge is 2.32. The Morgan fingerprint density at radius 3 is 2.37 bits per heavy atom. The van der Waals surface area contributed by atoms with Crippen molar-refractivity contribution in [3.63, 3.8) is 0 Å². The zero-order chi connectivity index (χ0) is 18.6. The predicted molar refractivity (Wildman–Crippen MR) is 106 cm³/mol. The van der Waals surface area contributed by atoms with Crippen molar-refractivity contribution in [2.24, 2.45) is 0 Å². The van der Waals surface area contributed by atoms with Crippen molar-refractivity contribution in [3.05, 3.63) is 101 Å². The van der Waals surface area contributed by atoms with Crippen LogP contribution in [0.4, 0.5) is 0 Å². The number of carbonyl (C=O) groups excluding carboxylic acids is 1. The number of ether oxygens (including phenoxy) is 2. The maximum Gasteiger partial charge on any atom is 0.196 e. The van der Waals surface area contributed by atoms with Crippen molar-refractivity contribution < 1.29 is 14.3 Å². The largest absolute Gasteiger partial charge is 0.494 e. The van der Waals surface area contributed by atoms with Gasteiger partial charge in [-0.2, -0.15) is 0 Å². The molecule has 3 heteroatoms. The lowest BCUT2D eigenvalue weighted by molar-refractivity contribution is 0.0963. The first-order valence-electron chi connectivity index (χ1n) is 9.06. The van der Waals surface area contributed by atoms with E-state index in [2.05, 4.69) is 0 Å². The molecule has 0 bridgehead atoms. The van der Waals surface area contributed by atoms with Crippen LogP contribution in [-0.2, 0) is 0 Å². The lowest BCUT2D eigenvalue weighted by Crippen LogP contribution is -2.23. The van der Waals surface area contributed by atoms with Gasteiger partial charge in [0, 0.05) is 5.57 Å². The Bertz CT molecular complexity index is 972. The smallest absolute Gasteiger partial charge is 0.196 e. The highest BCUT2D eigenvalue weighted by Crippen LogP contribution is 2.39. The Morgan fingerprint density at radius 2 is 1.63 bits per heavy atom. The minimum Gasteiger partial charge on any atom is -0.494 e. The quantitative estimate of drug-likeness (QED) is 0.580. The van der Waals surface area contributed by atoms with Gasteiger partial charge in [0.1, 0.15) is 11.5 Å². The summed E-state index contributed by atoms with van der Waals surface area (Å²) in [5.74, 6) is 1.44. The molecule has 1 aliphatic heterocycles. The van der Waals surface area contributed by atoms with Crippen LogP contribution in [0.5, 0.6) is 11.5 Å². The summed E-state index contributed by atoms with van der Waals surface area (Å²) in [6, 6.07) is 25.0. The molecule has 0 N–H and O–H groups in total. The first-order chi connectivity index (χ1) is 13.3. The molecule has 3 nitrogen and oxygen atoms in total. The fraction of sp³-hybridized carbons (Fsp3) is 0.125. The predicted octanol–water partition coefficient (Wildman–Crippen LogP) is 5.49. The van der Waals surface area contributed by atoms with Gasteiger partial charge < -0.3 is 9.47 Å². The van der Waals surface area contributed by atoms with Gasteiger partial charge in [0.2, 0.25) is 0 Å². The molecular weight excluding hydrogens is 336 g/mol. The first-order valence-corrected chi connectivity index (χ1v) is 9.06. The third-order valence-corrected chi connectivity index (χ3v) is 4.54. The normalized spacial score (nSPS) is 17.3. The fourth-order valence-corrected chi connectivity index (χ4v) is 3.25. The molecule has 0 aromatic heterocycles. The molecule has 3 aromatic rings. The molecule has 0 spiro atoms. The van der Waals surface area contributed by atoms with Crippen molar-refractivity contribution in [3.8, 4) is 11.5 Å². The third kappa shape index (κ3) is 3.49. The molecule has 1 heterocycles. The number of Topliss-reactive ketones (excluding diaryl/α,β-unsaturated/α-hetero) is 1. The van der Waals surface area contributed by atoms with Gasteiger partial charge in [-0.1, -0.05) is 54.6 Å². The SMILES string of the molecule is CCOc1ccc(/C=C2\C(=O)c3ccccc3O[C@H]2c2ccccc2)cc1. The fourth-order valence-electron chi connectivity index (χ4n) is 3.25. The number of hydrogen-bond acceptors (Lipinski definition) is 3. The monoisotopic (exact) mass is 356 g/mol. The van der Waals surface area contributed by atoms with Crippen LogP contribution in [0.2, 0.25) is 0 Å². The van der Waals surface area contributed by atoms with E-state index in [0.29, 0.717) is 23.5 Å². The zero-order valence-corrected chi connectivity index (χ0v) is 15.1. The number of para-hydroxylation sites is 1. The summed E-state index contributed by atoms with van der Waals surface area (Å²) in [7, 11) is 0. The van der Waals surface area contributed by atoms with Gasteiger partial charge in [-0.05, 0) is 48.4 Å². The molecule has 4 rings (SSSR count). The van der Waals surface area contributed by atoms with Gasteiger partial charge in [-0.3, -0.25) is 4.79 Å². The molecule has 134 valence electrons. The van der Waals surface area contributed by atoms with Gasteiger partial charge in [0.25, 0.3) is 0 Å². The van der Waals surface area contributed by atoms with Crippen LogP contribution in [0.3, 0.4) is 0 Å². The highest BCUT2D eigenvalue weighted by molar-refractivity contribution is 6.14. The average Bonchev–Trinajstić information content (AvgIpc) is 2.72. The molecule has 1 aliphatic rings. The van der Waals surface area contributed by atoms with Crippen molar-refractivity contribution in [1.29, 1.82) is 0 Å².